The van der Waals surface area contributed by atoms with Crippen molar-refractivity contribution in [3.63, 3.8) is 0 Å². The van der Waals surface area contributed by atoms with Crippen LogP contribution in [0.4, 0.5) is 5.69 Å². The number of pyridine rings is 1. The van der Waals surface area contributed by atoms with E-state index >= 15 is 0 Å². The third-order valence-electron chi connectivity index (χ3n) is 4.35. The summed E-state index contributed by atoms with van der Waals surface area (Å²) in [6.45, 7) is -0.0397. The molecule has 2 aromatic heterocycles. The number of para-hydroxylation sites is 2. The first-order valence-corrected chi connectivity index (χ1v) is 10.7. The Bertz CT molecular complexity index is 1290. The molecule has 0 aliphatic carbocycles. The van der Waals surface area contributed by atoms with Gasteiger partial charge < -0.3 is 9.88 Å². The molecule has 7 nitrogen and oxygen atoms in total. The Balaban J connectivity index is 1.67. The molecule has 2 heterocycles. The van der Waals surface area contributed by atoms with Crippen LogP contribution in [-0.2, 0) is 26.9 Å². The first-order chi connectivity index (χ1) is 13.4. The first kappa shape index (κ1) is 18.1. The normalized spacial score (nSPS) is 11.8. The maximum atomic E-state index is 12.8. The highest BCUT2D eigenvalue weighted by molar-refractivity contribution is 7.89. The summed E-state index contributed by atoms with van der Waals surface area (Å²) in [5, 5.41) is 3.74. The Morgan fingerprint density at radius 2 is 1.82 bits per heavy atom. The van der Waals surface area contributed by atoms with Crippen molar-refractivity contribution in [3.8, 4) is 0 Å². The van der Waals surface area contributed by atoms with Crippen molar-refractivity contribution in [2.45, 2.75) is 12.3 Å². The molecule has 142 valence electrons. The number of rotatable bonds is 5. The molecule has 0 bridgehead atoms. The molecule has 0 atom stereocenters. The van der Waals surface area contributed by atoms with E-state index in [1.807, 2.05) is 48.5 Å². The number of imidazole rings is 1. The van der Waals surface area contributed by atoms with Crippen LogP contribution in [0, 0.1) is 0 Å². The van der Waals surface area contributed by atoms with E-state index in [1.54, 1.807) is 16.8 Å². The van der Waals surface area contributed by atoms with Gasteiger partial charge in [0.1, 0.15) is 18.1 Å². The minimum Gasteiger partial charge on any atom is -0.324 e. The minimum absolute atomic E-state index is 0.0397. The molecule has 1 N–H and O–H groups in total. The molecule has 0 saturated carbocycles. The Labute approximate surface area is 162 Å². The van der Waals surface area contributed by atoms with E-state index < -0.39 is 9.84 Å². The minimum atomic E-state index is -3.29. The zero-order valence-corrected chi connectivity index (χ0v) is 16.0. The number of sulfone groups is 1. The number of hydrogen-bond donors (Lipinski definition) is 1. The van der Waals surface area contributed by atoms with Gasteiger partial charge in [0.05, 0.1) is 22.2 Å². The van der Waals surface area contributed by atoms with Crippen LogP contribution in [0.25, 0.3) is 21.9 Å². The fourth-order valence-corrected chi connectivity index (χ4v) is 3.88. The van der Waals surface area contributed by atoms with E-state index in [1.165, 1.54) is 0 Å². The van der Waals surface area contributed by atoms with Crippen molar-refractivity contribution in [3.05, 3.63) is 66.6 Å². The van der Waals surface area contributed by atoms with Gasteiger partial charge in [-0.3, -0.25) is 9.78 Å². The number of aromatic nitrogens is 3. The quantitative estimate of drug-likeness (QED) is 0.562. The van der Waals surface area contributed by atoms with Gasteiger partial charge in [-0.25, -0.2) is 13.4 Å². The van der Waals surface area contributed by atoms with E-state index in [9.17, 15) is 13.2 Å². The van der Waals surface area contributed by atoms with Crippen LogP contribution in [0.1, 0.15) is 5.82 Å². The molecule has 1 amide bonds. The van der Waals surface area contributed by atoms with Crippen LogP contribution >= 0.6 is 0 Å². The summed E-state index contributed by atoms with van der Waals surface area (Å²) in [5.41, 5.74) is 2.81. The molecule has 0 aliphatic heterocycles. The lowest BCUT2D eigenvalue weighted by molar-refractivity contribution is -0.116. The highest BCUT2D eigenvalue weighted by Crippen LogP contribution is 2.22. The van der Waals surface area contributed by atoms with Crippen molar-refractivity contribution >= 4 is 43.4 Å². The van der Waals surface area contributed by atoms with Crippen LogP contribution in [0.2, 0.25) is 0 Å². The number of benzene rings is 2. The molecule has 8 heteroatoms. The molecule has 2 aromatic carbocycles. The van der Waals surface area contributed by atoms with E-state index in [2.05, 4.69) is 15.3 Å². The van der Waals surface area contributed by atoms with Gasteiger partial charge in [-0.15, -0.1) is 0 Å². The topological polar surface area (TPSA) is 94.0 Å². The van der Waals surface area contributed by atoms with Crippen LogP contribution in [0.15, 0.2) is 60.8 Å². The van der Waals surface area contributed by atoms with Gasteiger partial charge in [-0.2, -0.15) is 0 Å². The fourth-order valence-electron chi connectivity index (χ4n) is 3.19. The molecule has 0 aliphatic rings. The highest BCUT2D eigenvalue weighted by Gasteiger charge is 2.17. The molecular weight excluding hydrogens is 376 g/mol. The zero-order chi connectivity index (χ0) is 19.7. The molecule has 0 radical (unpaired) electrons. The van der Waals surface area contributed by atoms with E-state index in [-0.39, 0.29) is 18.2 Å². The number of hydrogen-bond acceptors (Lipinski definition) is 5. The molecule has 0 spiro atoms. The Morgan fingerprint density at radius 1 is 1.04 bits per heavy atom. The van der Waals surface area contributed by atoms with E-state index in [4.69, 9.17) is 0 Å². The Morgan fingerprint density at radius 3 is 2.64 bits per heavy atom. The van der Waals surface area contributed by atoms with Gasteiger partial charge in [0.25, 0.3) is 0 Å². The third-order valence-corrected chi connectivity index (χ3v) is 5.13. The van der Waals surface area contributed by atoms with Crippen LogP contribution < -0.4 is 5.32 Å². The number of amides is 1. The first-order valence-electron chi connectivity index (χ1n) is 8.66. The maximum Gasteiger partial charge on any atom is 0.244 e. The summed E-state index contributed by atoms with van der Waals surface area (Å²) in [4.78, 5) is 21.4. The van der Waals surface area contributed by atoms with Gasteiger partial charge in [0.2, 0.25) is 5.91 Å². The summed E-state index contributed by atoms with van der Waals surface area (Å²) in [5.74, 6) is -0.152. The molecular formula is C20H18N4O3S. The van der Waals surface area contributed by atoms with Gasteiger partial charge in [0.15, 0.2) is 9.84 Å². The lowest BCUT2D eigenvalue weighted by Gasteiger charge is -2.11. The lowest BCUT2D eigenvalue weighted by Crippen LogP contribution is -2.21. The number of anilines is 1. The smallest absolute Gasteiger partial charge is 0.244 e. The SMILES string of the molecule is CS(=O)(=O)Cc1nc2ccccc2n1CC(=O)Nc1cccc2ncccc12. The molecule has 4 rings (SSSR count). The second-order valence-electron chi connectivity index (χ2n) is 6.60. The average Bonchev–Trinajstić information content (AvgIpc) is 2.97. The van der Waals surface area contributed by atoms with Gasteiger partial charge in [-0.1, -0.05) is 18.2 Å². The number of nitrogens with zero attached hydrogens (tertiary/aromatic N) is 3. The molecule has 0 fully saturated rings. The average molecular weight is 394 g/mol. The summed E-state index contributed by atoms with van der Waals surface area (Å²) in [6.07, 6.45) is 2.85. The number of nitrogens with one attached hydrogen (secondary N) is 1. The van der Waals surface area contributed by atoms with Crippen molar-refractivity contribution in [2.24, 2.45) is 0 Å². The van der Waals surface area contributed by atoms with Crippen LogP contribution in [0.5, 0.6) is 0 Å². The van der Waals surface area contributed by atoms with Crippen molar-refractivity contribution in [1.29, 1.82) is 0 Å². The summed E-state index contributed by atoms with van der Waals surface area (Å²) < 4.78 is 25.2. The fraction of sp³-hybridized carbons (Fsp3) is 0.150. The molecule has 4 aromatic rings. The van der Waals surface area contributed by atoms with E-state index in [0.717, 1.165) is 22.7 Å². The second kappa shape index (κ2) is 7.05. The maximum absolute atomic E-state index is 12.8. The predicted molar refractivity (Wildman–Crippen MR) is 109 cm³/mol. The largest absolute Gasteiger partial charge is 0.324 e. The van der Waals surface area contributed by atoms with Crippen LogP contribution in [0.3, 0.4) is 0 Å². The summed E-state index contributed by atoms with van der Waals surface area (Å²) in [7, 11) is -3.29. The van der Waals surface area contributed by atoms with Gasteiger partial charge >= 0.3 is 0 Å². The van der Waals surface area contributed by atoms with E-state index in [0.29, 0.717) is 17.0 Å². The zero-order valence-electron chi connectivity index (χ0n) is 15.2. The number of carbonyl (C=O) groups excluding carboxylic acids is 1. The molecule has 0 unspecified atom stereocenters. The standard InChI is InChI=1S/C20H18N4O3S/c1-28(26,27)13-19-22-17-7-2-3-10-18(17)24(19)12-20(25)23-16-9-4-8-15-14(16)6-5-11-21-15/h2-11H,12-13H2,1H3,(H,23,25). The lowest BCUT2D eigenvalue weighted by atomic mass is 10.2. The number of carbonyl (C=O) groups is 1. The van der Waals surface area contributed by atoms with Crippen molar-refractivity contribution in [2.75, 3.05) is 11.6 Å². The summed E-state index contributed by atoms with van der Waals surface area (Å²) in [6, 6.07) is 16.5. The van der Waals surface area contributed by atoms with Crippen molar-refractivity contribution < 1.29 is 13.2 Å². The van der Waals surface area contributed by atoms with Crippen molar-refractivity contribution in [1.82, 2.24) is 14.5 Å². The predicted octanol–water partition coefficient (Wildman–Crippen LogP) is 2.77. The van der Waals surface area contributed by atoms with Gasteiger partial charge in [-0.05, 0) is 36.4 Å². The second-order valence-corrected chi connectivity index (χ2v) is 8.74. The third kappa shape index (κ3) is 3.72. The van der Waals surface area contributed by atoms with Crippen LogP contribution in [-0.4, -0.2) is 35.1 Å². The summed E-state index contributed by atoms with van der Waals surface area (Å²) >= 11 is 0. The molecule has 0 saturated heterocycles. The number of fused-ring (bicyclic) bond motifs is 2. The Kier molecular flexibility index (Phi) is 4.56. The highest BCUT2D eigenvalue weighted by atomic mass is 32.2. The van der Waals surface area contributed by atoms with Gasteiger partial charge in [0, 0.05) is 17.8 Å². The Hall–Kier alpha value is -3.26. The monoisotopic (exact) mass is 394 g/mol. The molecule has 28 heavy (non-hydrogen) atoms.